The van der Waals surface area contributed by atoms with Gasteiger partial charge in [-0.15, -0.1) is 0 Å². The summed E-state index contributed by atoms with van der Waals surface area (Å²) in [5.74, 6) is -0.252. The van der Waals surface area contributed by atoms with Crippen molar-refractivity contribution >= 4 is 11.7 Å². The Balaban J connectivity index is 2.14. The molecule has 3 N–H and O–H groups in total. The fraction of sp³-hybridized carbons (Fsp3) is 0.652. The Morgan fingerprint density at radius 3 is 2.54 bits per heavy atom. The van der Waals surface area contributed by atoms with Crippen molar-refractivity contribution in [3.05, 3.63) is 35.6 Å². The van der Waals surface area contributed by atoms with Crippen LogP contribution in [0.1, 0.15) is 53.9 Å². The Labute approximate surface area is 167 Å². The molecule has 1 heterocycles. The molecule has 1 amide bonds. The van der Waals surface area contributed by atoms with Crippen molar-refractivity contribution in [3.8, 4) is 0 Å². The molecule has 2 aliphatic carbocycles. The van der Waals surface area contributed by atoms with Gasteiger partial charge in [0.25, 0.3) is 5.91 Å². The molecule has 1 saturated carbocycles. The highest BCUT2D eigenvalue weighted by atomic mass is 16.3. The number of hydrogen-bond acceptors (Lipinski definition) is 4. The quantitative estimate of drug-likeness (QED) is 0.300. The molecule has 3 rings (SSSR count). The topological polar surface area (TPSA) is 86.6 Å². The summed E-state index contributed by atoms with van der Waals surface area (Å²) in [6.45, 7) is 9.15. The second kappa shape index (κ2) is 7.18. The van der Waals surface area contributed by atoms with Crippen LogP contribution in [0.5, 0.6) is 0 Å². The van der Waals surface area contributed by atoms with Crippen molar-refractivity contribution in [2.45, 2.75) is 65.5 Å². The van der Waals surface area contributed by atoms with Gasteiger partial charge in [0.2, 0.25) is 0 Å². The lowest BCUT2D eigenvalue weighted by Gasteiger charge is -2.50. The number of Topliss-reactive ketones (excluding diaryl/α,β-unsaturated/α-hetero) is 1. The number of aliphatic hydroxyl groups excluding tert-OH is 2. The summed E-state index contributed by atoms with van der Waals surface area (Å²) in [6.07, 6.45) is 10.4. The Morgan fingerprint density at radius 2 is 1.96 bits per heavy atom. The van der Waals surface area contributed by atoms with E-state index in [1.165, 1.54) is 13.8 Å². The van der Waals surface area contributed by atoms with Crippen molar-refractivity contribution < 1.29 is 19.8 Å². The van der Waals surface area contributed by atoms with Crippen molar-refractivity contribution in [1.82, 2.24) is 5.32 Å². The van der Waals surface area contributed by atoms with Gasteiger partial charge in [-0.3, -0.25) is 9.59 Å². The molecule has 5 heteroatoms. The first kappa shape index (κ1) is 20.8. The summed E-state index contributed by atoms with van der Waals surface area (Å²) in [6, 6.07) is 0. The fourth-order valence-electron chi connectivity index (χ4n) is 5.39. The third kappa shape index (κ3) is 2.95. The molecule has 0 unspecified atom stereocenters. The molecule has 1 aliphatic heterocycles. The van der Waals surface area contributed by atoms with Gasteiger partial charge >= 0.3 is 0 Å². The number of allylic oxidation sites excluding steroid dienone is 5. The number of nitrogens with one attached hydrogen (secondary N) is 1. The average molecular weight is 388 g/mol. The standard InChI is InChI=1S/C23H33NO4/c1-6-7-16-10-9-15-12-13(2)8-11-17(15)22(16,4)19(26)18-20(27)23(5,14(3)25)24-21(18)28/h6-7,9-10,13-17,25-26H,8,11-12H2,1-5H3,(H,24,28)/t13-,14-,15-,16-,17-,22-,23+/m1/s1. The SMILES string of the molecule is CC=C[C@@H]1C=C[C@@H]2C[C@H](C)CC[C@H]2[C@]1(C)C(O)=C1C(=O)N[C@@](C)([C@@H](C)O)C1=O. The molecule has 28 heavy (non-hydrogen) atoms. The van der Waals surface area contributed by atoms with E-state index < -0.39 is 28.7 Å². The van der Waals surface area contributed by atoms with E-state index in [2.05, 4.69) is 24.4 Å². The van der Waals surface area contributed by atoms with Crippen LogP contribution in [0.15, 0.2) is 35.6 Å². The molecule has 1 saturated heterocycles. The van der Waals surface area contributed by atoms with E-state index in [0.717, 1.165) is 19.3 Å². The van der Waals surface area contributed by atoms with E-state index in [9.17, 15) is 19.8 Å². The van der Waals surface area contributed by atoms with Crippen LogP contribution in [0.25, 0.3) is 0 Å². The molecule has 3 aliphatic rings. The molecule has 154 valence electrons. The van der Waals surface area contributed by atoms with E-state index in [1.54, 1.807) is 0 Å². The van der Waals surface area contributed by atoms with Crippen LogP contribution < -0.4 is 5.32 Å². The number of amides is 1. The second-order valence-corrected chi connectivity index (χ2v) is 9.29. The van der Waals surface area contributed by atoms with Crippen molar-refractivity contribution in [1.29, 1.82) is 0 Å². The lowest BCUT2D eigenvalue weighted by molar-refractivity contribution is -0.123. The number of hydrogen-bond donors (Lipinski definition) is 3. The van der Waals surface area contributed by atoms with E-state index in [-0.39, 0.29) is 23.2 Å². The largest absolute Gasteiger partial charge is 0.511 e. The first-order valence-corrected chi connectivity index (χ1v) is 10.4. The highest BCUT2D eigenvalue weighted by Gasteiger charge is 2.56. The van der Waals surface area contributed by atoms with Crippen LogP contribution in [0.2, 0.25) is 0 Å². The molecule has 0 spiro atoms. The Kier molecular flexibility index (Phi) is 5.34. The van der Waals surface area contributed by atoms with E-state index in [4.69, 9.17) is 0 Å². The van der Waals surface area contributed by atoms with Crippen molar-refractivity contribution in [2.75, 3.05) is 0 Å². The third-order valence-electron chi connectivity index (χ3n) is 7.47. The molecule has 5 nitrogen and oxygen atoms in total. The summed E-state index contributed by atoms with van der Waals surface area (Å²) in [5, 5.41) is 24.1. The van der Waals surface area contributed by atoms with E-state index in [0.29, 0.717) is 11.8 Å². The Bertz CT molecular complexity index is 765. The maximum absolute atomic E-state index is 13.1. The van der Waals surface area contributed by atoms with Crippen molar-refractivity contribution in [3.63, 3.8) is 0 Å². The maximum atomic E-state index is 13.1. The first-order valence-electron chi connectivity index (χ1n) is 10.4. The van der Waals surface area contributed by atoms with Gasteiger partial charge in [-0.05, 0) is 51.4 Å². The van der Waals surface area contributed by atoms with Crippen LogP contribution >= 0.6 is 0 Å². The Hall–Kier alpha value is -1.88. The number of rotatable bonds is 3. The summed E-state index contributed by atoms with van der Waals surface area (Å²) in [7, 11) is 0. The van der Waals surface area contributed by atoms with Gasteiger partial charge in [-0.2, -0.15) is 0 Å². The number of fused-ring (bicyclic) bond motifs is 1. The Morgan fingerprint density at radius 1 is 1.29 bits per heavy atom. The average Bonchev–Trinajstić information content (AvgIpc) is 2.86. The highest BCUT2D eigenvalue weighted by molar-refractivity contribution is 6.29. The smallest absolute Gasteiger partial charge is 0.259 e. The molecular formula is C23H33NO4. The number of ketones is 1. The monoisotopic (exact) mass is 387 g/mol. The molecule has 0 bridgehead atoms. The summed E-state index contributed by atoms with van der Waals surface area (Å²) in [5.41, 5.74) is -2.33. The van der Waals surface area contributed by atoms with Crippen molar-refractivity contribution in [2.24, 2.45) is 29.1 Å². The molecule has 7 atom stereocenters. The molecular weight excluding hydrogens is 354 g/mol. The minimum atomic E-state index is -1.40. The van der Waals surface area contributed by atoms with Gasteiger partial charge in [0.1, 0.15) is 16.9 Å². The summed E-state index contributed by atoms with van der Waals surface area (Å²) >= 11 is 0. The molecule has 0 aromatic rings. The number of carbonyl (C=O) groups is 2. The predicted molar refractivity (Wildman–Crippen MR) is 108 cm³/mol. The first-order chi connectivity index (χ1) is 13.1. The zero-order chi connectivity index (χ0) is 20.9. The zero-order valence-corrected chi connectivity index (χ0v) is 17.5. The molecule has 2 fully saturated rings. The maximum Gasteiger partial charge on any atom is 0.259 e. The van der Waals surface area contributed by atoms with Crippen LogP contribution in [0, 0.1) is 29.1 Å². The van der Waals surface area contributed by atoms with Crippen LogP contribution in [-0.2, 0) is 9.59 Å². The summed E-state index contributed by atoms with van der Waals surface area (Å²) in [4.78, 5) is 25.8. The van der Waals surface area contributed by atoms with Gasteiger partial charge in [0.05, 0.1) is 6.10 Å². The fourth-order valence-corrected chi connectivity index (χ4v) is 5.39. The second-order valence-electron chi connectivity index (χ2n) is 9.29. The number of carbonyl (C=O) groups excluding carboxylic acids is 2. The third-order valence-corrected chi connectivity index (χ3v) is 7.47. The molecule has 0 radical (unpaired) electrons. The molecule has 0 aromatic heterocycles. The molecule has 0 aromatic carbocycles. The van der Waals surface area contributed by atoms with Gasteiger partial charge in [0, 0.05) is 11.3 Å². The van der Waals surface area contributed by atoms with Crippen LogP contribution in [-0.4, -0.2) is 33.5 Å². The lowest BCUT2D eigenvalue weighted by Crippen LogP contribution is -2.52. The van der Waals surface area contributed by atoms with Gasteiger partial charge in [0.15, 0.2) is 5.78 Å². The predicted octanol–water partition coefficient (Wildman–Crippen LogP) is 3.46. The minimum Gasteiger partial charge on any atom is -0.511 e. The van der Waals surface area contributed by atoms with Crippen LogP contribution in [0.4, 0.5) is 0 Å². The minimum absolute atomic E-state index is 0.0985. The number of aliphatic hydroxyl groups is 2. The lowest BCUT2D eigenvalue weighted by atomic mass is 9.54. The zero-order valence-electron chi connectivity index (χ0n) is 17.5. The highest BCUT2D eigenvalue weighted by Crippen LogP contribution is 2.56. The van der Waals surface area contributed by atoms with Crippen LogP contribution in [0.3, 0.4) is 0 Å². The summed E-state index contributed by atoms with van der Waals surface area (Å²) < 4.78 is 0. The van der Waals surface area contributed by atoms with Gasteiger partial charge < -0.3 is 15.5 Å². The van der Waals surface area contributed by atoms with Gasteiger partial charge in [-0.25, -0.2) is 0 Å². The normalized spacial score (nSPS) is 43.8. The van der Waals surface area contributed by atoms with Gasteiger partial charge in [-0.1, -0.05) is 44.6 Å². The van der Waals surface area contributed by atoms with E-state index >= 15 is 0 Å². The van der Waals surface area contributed by atoms with E-state index in [1.807, 2.05) is 26.0 Å².